The van der Waals surface area contributed by atoms with Crippen molar-refractivity contribution in [3.63, 3.8) is 0 Å². The molecule has 0 spiro atoms. The summed E-state index contributed by atoms with van der Waals surface area (Å²) in [4.78, 5) is 14.3. The summed E-state index contributed by atoms with van der Waals surface area (Å²) in [5.41, 5.74) is 2.94. The molecule has 0 aliphatic heterocycles. The van der Waals surface area contributed by atoms with Crippen LogP contribution in [-0.4, -0.2) is 16.5 Å². The second-order valence-electron chi connectivity index (χ2n) is 5.96. The molecule has 0 saturated heterocycles. The number of aromatic nitrogens is 1. The van der Waals surface area contributed by atoms with E-state index in [2.05, 4.69) is 11.1 Å². The van der Waals surface area contributed by atoms with Crippen LogP contribution in [0.5, 0.6) is 0 Å². The van der Waals surface area contributed by atoms with Crippen molar-refractivity contribution >= 4 is 21.7 Å². The molecule has 0 aliphatic rings. The van der Waals surface area contributed by atoms with Gasteiger partial charge in [0, 0.05) is 22.0 Å². The molecule has 0 saturated carbocycles. The largest absolute Gasteiger partial charge is 0.361 e. The van der Waals surface area contributed by atoms with Gasteiger partial charge in [-0.15, -0.1) is 0 Å². The van der Waals surface area contributed by atoms with E-state index in [0.29, 0.717) is 0 Å². The van der Waals surface area contributed by atoms with E-state index in [0.717, 1.165) is 32.8 Å². The zero-order chi connectivity index (χ0) is 16.5. The van der Waals surface area contributed by atoms with Crippen LogP contribution in [0.25, 0.3) is 21.7 Å². The molecule has 0 aliphatic carbocycles. The van der Waals surface area contributed by atoms with E-state index >= 15 is 0 Å². The molecule has 118 valence electrons. The topological polar surface area (TPSA) is 58.9 Å². The molecule has 4 heteroatoms. The first-order valence-corrected chi connectivity index (χ1v) is 7.89. The zero-order valence-corrected chi connectivity index (χ0v) is 13.0. The average Bonchev–Trinajstić information content (AvgIpc) is 3.03. The lowest BCUT2D eigenvalue weighted by molar-refractivity contribution is -0.481. The summed E-state index contributed by atoms with van der Waals surface area (Å²) in [5.74, 6) is -0.277. The lowest BCUT2D eigenvalue weighted by Crippen LogP contribution is -2.13. The van der Waals surface area contributed by atoms with Crippen molar-refractivity contribution in [2.75, 3.05) is 6.54 Å². The second-order valence-corrected chi connectivity index (χ2v) is 5.96. The molecule has 1 N–H and O–H groups in total. The van der Waals surface area contributed by atoms with E-state index in [1.807, 2.05) is 66.9 Å². The Morgan fingerprint density at radius 3 is 2.54 bits per heavy atom. The number of nitrogens with one attached hydrogen (secondary N) is 1. The summed E-state index contributed by atoms with van der Waals surface area (Å²) in [7, 11) is 0. The number of benzene rings is 3. The summed E-state index contributed by atoms with van der Waals surface area (Å²) in [6.45, 7) is -0.125. The van der Waals surface area contributed by atoms with Crippen molar-refractivity contribution in [2.45, 2.75) is 5.92 Å². The van der Waals surface area contributed by atoms with Crippen molar-refractivity contribution < 1.29 is 4.92 Å². The van der Waals surface area contributed by atoms with Gasteiger partial charge in [0.25, 0.3) is 0 Å². The van der Waals surface area contributed by atoms with Crippen LogP contribution in [0.1, 0.15) is 17.0 Å². The van der Waals surface area contributed by atoms with Gasteiger partial charge in [-0.05, 0) is 28.0 Å². The molecular weight excluding hydrogens is 300 g/mol. The van der Waals surface area contributed by atoms with Crippen LogP contribution >= 0.6 is 0 Å². The highest BCUT2D eigenvalue weighted by molar-refractivity contribution is 5.86. The van der Waals surface area contributed by atoms with E-state index in [9.17, 15) is 10.1 Å². The van der Waals surface area contributed by atoms with Crippen LogP contribution in [0, 0.1) is 10.1 Å². The van der Waals surface area contributed by atoms with Crippen LogP contribution in [0.3, 0.4) is 0 Å². The van der Waals surface area contributed by atoms with Crippen LogP contribution in [-0.2, 0) is 0 Å². The van der Waals surface area contributed by atoms with Crippen molar-refractivity contribution in [1.82, 2.24) is 4.98 Å². The summed E-state index contributed by atoms with van der Waals surface area (Å²) in [6, 6.07) is 22.1. The fraction of sp³-hybridized carbons (Fsp3) is 0.100. The molecule has 4 nitrogen and oxygen atoms in total. The van der Waals surface area contributed by atoms with Crippen LogP contribution < -0.4 is 0 Å². The fourth-order valence-electron chi connectivity index (χ4n) is 3.34. The molecule has 1 atom stereocenters. The van der Waals surface area contributed by atoms with E-state index in [4.69, 9.17) is 0 Å². The minimum atomic E-state index is -0.277. The number of H-pyrrole nitrogens is 1. The quantitative estimate of drug-likeness (QED) is 0.437. The number of nitro groups is 1. The third kappa shape index (κ3) is 2.52. The van der Waals surface area contributed by atoms with Crippen LogP contribution in [0.4, 0.5) is 0 Å². The van der Waals surface area contributed by atoms with Gasteiger partial charge in [-0.3, -0.25) is 10.1 Å². The Morgan fingerprint density at radius 1 is 0.958 bits per heavy atom. The van der Waals surface area contributed by atoms with Gasteiger partial charge < -0.3 is 4.98 Å². The molecule has 0 radical (unpaired) electrons. The smallest absolute Gasteiger partial charge is 0.214 e. The lowest BCUT2D eigenvalue weighted by Gasteiger charge is -2.14. The Hall–Kier alpha value is -3.14. The maximum absolute atomic E-state index is 11.3. The molecule has 4 aromatic rings. The van der Waals surface area contributed by atoms with E-state index in [1.165, 1.54) is 0 Å². The lowest BCUT2D eigenvalue weighted by atomic mass is 9.89. The molecule has 0 fully saturated rings. The minimum Gasteiger partial charge on any atom is -0.361 e. The predicted octanol–water partition coefficient (Wildman–Crippen LogP) is 4.73. The Labute approximate surface area is 138 Å². The third-order valence-electron chi connectivity index (χ3n) is 4.50. The molecule has 0 bridgehead atoms. The van der Waals surface area contributed by atoms with Gasteiger partial charge in [0.2, 0.25) is 6.54 Å². The van der Waals surface area contributed by atoms with Gasteiger partial charge in [-0.1, -0.05) is 60.7 Å². The summed E-state index contributed by atoms with van der Waals surface area (Å²) < 4.78 is 0. The van der Waals surface area contributed by atoms with E-state index in [-0.39, 0.29) is 17.4 Å². The van der Waals surface area contributed by atoms with E-state index < -0.39 is 0 Å². The zero-order valence-electron chi connectivity index (χ0n) is 13.0. The van der Waals surface area contributed by atoms with Gasteiger partial charge in [-0.25, -0.2) is 0 Å². The van der Waals surface area contributed by atoms with Crippen molar-refractivity contribution in [3.8, 4) is 0 Å². The monoisotopic (exact) mass is 316 g/mol. The standard InChI is InChI=1S/C20H16N2O2/c23-22(24)13-19(18-12-21-20-8-4-3-7-17(18)20)16-10-9-14-5-1-2-6-15(14)11-16/h1-12,19,21H,13H2/t19-/m1/s1. The normalized spacial score (nSPS) is 12.5. The molecule has 4 rings (SSSR count). The summed E-state index contributed by atoms with van der Waals surface area (Å²) >= 11 is 0. The third-order valence-corrected chi connectivity index (χ3v) is 4.50. The number of para-hydroxylation sites is 1. The van der Waals surface area contributed by atoms with Gasteiger partial charge in [0.1, 0.15) is 0 Å². The first-order chi connectivity index (χ1) is 11.7. The first kappa shape index (κ1) is 14.5. The maximum Gasteiger partial charge on any atom is 0.214 e. The molecule has 0 amide bonds. The summed E-state index contributed by atoms with van der Waals surface area (Å²) in [6.07, 6.45) is 1.90. The highest BCUT2D eigenvalue weighted by Crippen LogP contribution is 2.32. The fourth-order valence-corrected chi connectivity index (χ4v) is 3.34. The molecule has 1 heterocycles. The first-order valence-electron chi connectivity index (χ1n) is 7.89. The Kier molecular flexibility index (Phi) is 3.50. The Morgan fingerprint density at radius 2 is 1.71 bits per heavy atom. The Balaban J connectivity index is 1.88. The molecule has 24 heavy (non-hydrogen) atoms. The number of hydrogen-bond acceptors (Lipinski definition) is 2. The second kappa shape index (κ2) is 5.81. The van der Waals surface area contributed by atoms with Gasteiger partial charge in [0.15, 0.2) is 0 Å². The average molecular weight is 316 g/mol. The highest BCUT2D eigenvalue weighted by atomic mass is 16.6. The van der Waals surface area contributed by atoms with Crippen molar-refractivity contribution in [1.29, 1.82) is 0 Å². The van der Waals surface area contributed by atoms with Gasteiger partial charge >= 0.3 is 0 Å². The molecule has 0 unspecified atom stereocenters. The van der Waals surface area contributed by atoms with Crippen molar-refractivity contribution in [3.05, 3.63) is 94.2 Å². The number of rotatable bonds is 4. The SMILES string of the molecule is O=[N+]([O-])C[C@H](c1ccc2ccccc2c1)c1c[nH]c2ccccc12. The van der Waals surface area contributed by atoms with Crippen LogP contribution in [0.15, 0.2) is 72.9 Å². The minimum absolute atomic E-state index is 0.125. The molecule has 3 aromatic carbocycles. The number of hydrogen-bond donors (Lipinski definition) is 1. The molecular formula is C20H16N2O2. The Bertz CT molecular complexity index is 1040. The van der Waals surface area contributed by atoms with E-state index in [1.54, 1.807) is 0 Å². The number of nitrogens with zero attached hydrogens (tertiary/aromatic N) is 1. The number of fused-ring (bicyclic) bond motifs is 2. The predicted molar refractivity (Wildman–Crippen MR) is 96.0 cm³/mol. The van der Waals surface area contributed by atoms with Gasteiger partial charge in [-0.2, -0.15) is 0 Å². The highest BCUT2D eigenvalue weighted by Gasteiger charge is 2.23. The number of aromatic amines is 1. The summed E-state index contributed by atoms with van der Waals surface area (Å²) in [5, 5.41) is 14.6. The van der Waals surface area contributed by atoms with Crippen LogP contribution in [0.2, 0.25) is 0 Å². The van der Waals surface area contributed by atoms with Crippen molar-refractivity contribution in [2.24, 2.45) is 0 Å². The molecule has 1 aromatic heterocycles. The van der Waals surface area contributed by atoms with Gasteiger partial charge in [0.05, 0.1) is 5.92 Å². The maximum atomic E-state index is 11.3.